The zero-order chi connectivity index (χ0) is 15.7. The number of rotatable bonds is 4. The lowest BCUT2D eigenvalue weighted by molar-refractivity contribution is -0.121. The van der Waals surface area contributed by atoms with E-state index in [9.17, 15) is 9.90 Å². The van der Waals surface area contributed by atoms with Gasteiger partial charge in [0.25, 0.3) is 0 Å². The monoisotopic (exact) mass is 301 g/mol. The van der Waals surface area contributed by atoms with Crippen LogP contribution in [-0.2, 0) is 11.3 Å². The lowest BCUT2D eigenvalue weighted by atomic mass is 9.97. The van der Waals surface area contributed by atoms with Crippen LogP contribution in [0.5, 0.6) is 0 Å². The van der Waals surface area contributed by atoms with Crippen LogP contribution in [0.25, 0.3) is 11.0 Å². The maximum Gasteiger partial charge on any atom is 0.154 e. The van der Waals surface area contributed by atoms with Crippen molar-refractivity contribution in [1.29, 1.82) is 0 Å². The molecule has 0 bridgehead atoms. The molecule has 0 radical (unpaired) electrons. The Bertz CT molecular complexity index is 693. The molecule has 3 rings (SSSR count). The average Bonchev–Trinajstić information content (AvgIpc) is 2.89. The molecule has 0 spiro atoms. The minimum absolute atomic E-state index is 0.111. The van der Waals surface area contributed by atoms with E-state index in [1.807, 2.05) is 10.6 Å². The van der Waals surface area contributed by atoms with Crippen molar-refractivity contribution in [2.75, 3.05) is 6.54 Å². The van der Waals surface area contributed by atoms with Crippen molar-refractivity contribution in [2.24, 2.45) is 0 Å². The standard InChI is InChI=1S/C17H23N3O2/c1-11-5-6-15-17(12(11)2)19-10-20(15)9-13(21)8-14-16(22)4-3-7-18-14/h5-6,10,14,16,18,22H,3-4,7-9H2,1-2H3/t14-,16+/m1/s1. The van der Waals surface area contributed by atoms with Crippen LogP contribution in [0.15, 0.2) is 18.5 Å². The smallest absolute Gasteiger partial charge is 0.154 e. The summed E-state index contributed by atoms with van der Waals surface area (Å²) < 4.78 is 1.90. The Morgan fingerprint density at radius 1 is 1.45 bits per heavy atom. The molecule has 2 heterocycles. The number of aliphatic hydroxyl groups is 1. The van der Waals surface area contributed by atoms with E-state index < -0.39 is 6.10 Å². The topological polar surface area (TPSA) is 67.2 Å². The lowest BCUT2D eigenvalue weighted by Crippen LogP contribution is -2.46. The Balaban J connectivity index is 1.73. The summed E-state index contributed by atoms with van der Waals surface area (Å²) in [6.07, 6.45) is 3.43. The molecule has 0 unspecified atom stereocenters. The molecule has 22 heavy (non-hydrogen) atoms. The average molecular weight is 301 g/mol. The highest BCUT2D eigenvalue weighted by Crippen LogP contribution is 2.20. The second-order valence-corrected chi connectivity index (χ2v) is 6.26. The number of imidazole rings is 1. The van der Waals surface area contributed by atoms with Gasteiger partial charge >= 0.3 is 0 Å². The molecule has 2 aromatic rings. The van der Waals surface area contributed by atoms with E-state index in [0.717, 1.165) is 36.0 Å². The number of nitrogens with one attached hydrogen (secondary N) is 1. The predicted octanol–water partition coefficient (Wildman–Crippen LogP) is 1.73. The van der Waals surface area contributed by atoms with E-state index >= 15 is 0 Å². The van der Waals surface area contributed by atoms with Crippen molar-refractivity contribution in [2.45, 2.75) is 51.8 Å². The highest BCUT2D eigenvalue weighted by Gasteiger charge is 2.25. The van der Waals surface area contributed by atoms with Crippen molar-refractivity contribution >= 4 is 16.8 Å². The summed E-state index contributed by atoms with van der Waals surface area (Å²) in [7, 11) is 0. The molecule has 1 aliphatic rings. The van der Waals surface area contributed by atoms with Gasteiger partial charge in [0.2, 0.25) is 0 Å². The van der Waals surface area contributed by atoms with Gasteiger partial charge in [0.1, 0.15) is 0 Å². The summed E-state index contributed by atoms with van der Waals surface area (Å²) in [4.78, 5) is 16.8. The third-order valence-corrected chi connectivity index (χ3v) is 4.66. The number of fused-ring (bicyclic) bond motifs is 1. The molecule has 1 aromatic heterocycles. The molecule has 2 atom stereocenters. The number of nitrogens with zero attached hydrogens (tertiary/aromatic N) is 2. The summed E-state index contributed by atoms with van der Waals surface area (Å²) in [5, 5.41) is 13.2. The molecule has 1 saturated heterocycles. The van der Waals surface area contributed by atoms with E-state index in [4.69, 9.17) is 0 Å². The molecule has 0 aliphatic carbocycles. The number of hydrogen-bond acceptors (Lipinski definition) is 4. The SMILES string of the molecule is Cc1ccc2c(ncn2CC(=O)C[C@H]2NCCC[C@@H]2O)c1C. The number of benzene rings is 1. The fourth-order valence-electron chi connectivity index (χ4n) is 3.14. The molecule has 0 amide bonds. The first-order valence-electron chi connectivity index (χ1n) is 7.90. The second kappa shape index (κ2) is 6.18. The zero-order valence-corrected chi connectivity index (χ0v) is 13.2. The molecule has 1 fully saturated rings. The molecular weight excluding hydrogens is 278 g/mol. The van der Waals surface area contributed by atoms with E-state index in [1.54, 1.807) is 6.33 Å². The maximum atomic E-state index is 12.3. The van der Waals surface area contributed by atoms with E-state index in [2.05, 4.69) is 30.2 Å². The predicted molar refractivity (Wildman–Crippen MR) is 85.9 cm³/mol. The summed E-state index contributed by atoms with van der Waals surface area (Å²) in [5.74, 6) is 0.121. The molecule has 1 aromatic carbocycles. The Morgan fingerprint density at radius 3 is 3.05 bits per heavy atom. The largest absolute Gasteiger partial charge is 0.391 e. The number of hydrogen-bond donors (Lipinski definition) is 2. The highest BCUT2D eigenvalue weighted by atomic mass is 16.3. The van der Waals surface area contributed by atoms with Gasteiger partial charge in [-0.25, -0.2) is 4.98 Å². The quantitative estimate of drug-likeness (QED) is 0.902. The van der Waals surface area contributed by atoms with Gasteiger partial charge < -0.3 is 15.0 Å². The number of aliphatic hydroxyl groups excluding tert-OH is 1. The second-order valence-electron chi connectivity index (χ2n) is 6.26. The van der Waals surface area contributed by atoms with Crippen molar-refractivity contribution in [1.82, 2.24) is 14.9 Å². The minimum atomic E-state index is -0.415. The Labute approximate surface area is 130 Å². The number of carbonyl (C=O) groups excluding carboxylic acids is 1. The van der Waals surface area contributed by atoms with Crippen LogP contribution in [0.1, 0.15) is 30.4 Å². The first-order valence-corrected chi connectivity index (χ1v) is 7.90. The summed E-state index contributed by atoms with van der Waals surface area (Å²) >= 11 is 0. The normalized spacial score (nSPS) is 22.1. The first kappa shape index (κ1) is 15.2. The van der Waals surface area contributed by atoms with Crippen LogP contribution in [-0.4, -0.2) is 39.1 Å². The fraction of sp³-hybridized carbons (Fsp3) is 0.529. The Hall–Kier alpha value is -1.72. The lowest BCUT2D eigenvalue weighted by Gasteiger charge is -2.28. The number of ketones is 1. The van der Waals surface area contributed by atoms with Crippen molar-refractivity contribution < 1.29 is 9.90 Å². The zero-order valence-electron chi connectivity index (χ0n) is 13.2. The van der Waals surface area contributed by atoms with Gasteiger partial charge in [0.15, 0.2) is 5.78 Å². The van der Waals surface area contributed by atoms with Crippen LogP contribution in [0.4, 0.5) is 0 Å². The van der Waals surface area contributed by atoms with E-state index in [0.29, 0.717) is 13.0 Å². The Morgan fingerprint density at radius 2 is 2.27 bits per heavy atom. The maximum absolute atomic E-state index is 12.3. The molecule has 5 nitrogen and oxygen atoms in total. The van der Waals surface area contributed by atoms with E-state index in [1.165, 1.54) is 5.56 Å². The van der Waals surface area contributed by atoms with Gasteiger partial charge in [0, 0.05) is 12.5 Å². The van der Waals surface area contributed by atoms with Crippen LogP contribution < -0.4 is 5.32 Å². The highest BCUT2D eigenvalue weighted by molar-refractivity contribution is 5.84. The van der Waals surface area contributed by atoms with Gasteiger partial charge in [-0.1, -0.05) is 6.07 Å². The molecule has 5 heteroatoms. The summed E-state index contributed by atoms with van der Waals surface area (Å²) in [6.45, 7) is 5.31. The minimum Gasteiger partial charge on any atom is -0.391 e. The number of carbonyl (C=O) groups is 1. The third-order valence-electron chi connectivity index (χ3n) is 4.66. The van der Waals surface area contributed by atoms with Gasteiger partial charge in [-0.05, 0) is 50.4 Å². The molecule has 1 aliphatic heterocycles. The van der Waals surface area contributed by atoms with Crippen LogP contribution in [0.3, 0.4) is 0 Å². The van der Waals surface area contributed by atoms with Gasteiger partial charge in [0.05, 0.1) is 30.0 Å². The van der Waals surface area contributed by atoms with Crippen molar-refractivity contribution in [3.05, 3.63) is 29.6 Å². The van der Waals surface area contributed by atoms with Gasteiger partial charge in [-0.15, -0.1) is 0 Å². The van der Waals surface area contributed by atoms with E-state index in [-0.39, 0.29) is 11.8 Å². The summed E-state index contributed by atoms with van der Waals surface area (Å²) in [5.41, 5.74) is 4.32. The van der Waals surface area contributed by atoms with Crippen LogP contribution >= 0.6 is 0 Å². The van der Waals surface area contributed by atoms with Crippen molar-refractivity contribution in [3.8, 4) is 0 Å². The first-order chi connectivity index (χ1) is 10.6. The molecule has 118 valence electrons. The van der Waals surface area contributed by atoms with Gasteiger partial charge in [-0.3, -0.25) is 4.79 Å². The molecule has 2 N–H and O–H groups in total. The van der Waals surface area contributed by atoms with Gasteiger partial charge in [-0.2, -0.15) is 0 Å². The summed E-state index contributed by atoms with van der Waals surface area (Å²) in [6, 6.07) is 3.97. The number of piperidine rings is 1. The number of Topliss-reactive ketones (excluding diaryl/α,β-unsaturated/α-hetero) is 1. The van der Waals surface area contributed by atoms with Crippen LogP contribution in [0.2, 0.25) is 0 Å². The molecule has 0 saturated carbocycles. The Kier molecular flexibility index (Phi) is 4.27. The number of aryl methyl sites for hydroxylation is 2. The number of aromatic nitrogens is 2. The van der Waals surface area contributed by atoms with Crippen molar-refractivity contribution in [3.63, 3.8) is 0 Å². The van der Waals surface area contributed by atoms with Crippen LogP contribution in [0, 0.1) is 13.8 Å². The fourth-order valence-corrected chi connectivity index (χ4v) is 3.14. The third kappa shape index (κ3) is 2.91. The molecular formula is C17H23N3O2.